The Morgan fingerprint density at radius 2 is 1.69 bits per heavy atom. The van der Waals surface area contributed by atoms with Gasteiger partial charge in [-0.05, 0) is 56.2 Å². The quantitative estimate of drug-likeness (QED) is 0.737. The molecule has 0 unspecified atom stereocenters. The Balaban J connectivity index is 2.62. The summed E-state index contributed by atoms with van der Waals surface area (Å²) in [6.45, 7) is 4.69. The van der Waals surface area contributed by atoms with Gasteiger partial charge in [0.2, 0.25) is 10.0 Å². The SMILES string of the molecule is CC(=O)CN(c1cc(-c2ccc(F)cc2)ccc1OC(C)C)S(C)(=O)=O. The minimum atomic E-state index is -3.70. The summed E-state index contributed by atoms with van der Waals surface area (Å²) in [7, 11) is -3.70. The third kappa shape index (κ3) is 5.05. The Kier molecular flexibility index (Phi) is 6.02. The van der Waals surface area contributed by atoms with E-state index < -0.39 is 10.0 Å². The van der Waals surface area contributed by atoms with E-state index in [2.05, 4.69) is 0 Å². The number of benzene rings is 2. The summed E-state index contributed by atoms with van der Waals surface area (Å²) >= 11 is 0. The molecule has 0 N–H and O–H groups in total. The second kappa shape index (κ2) is 7.86. The Morgan fingerprint density at radius 1 is 1.12 bits per heavy atom. The van der Waals surface area contributed by atoms with Gasteiger partial charge in [-0.3, -0.25) is 9.10 Å². The van der Waals surface area contributed by atoms with Crippen LogP contribution in [-0.2, 0) is 14.8 Å². The molecule has 0 atom stereocenters. The topological polar surface area (TPSA) is 63.7 Å². The second-order valence-corrected chi connectivity index (χ2v) is 8.23. The molecule has 0 spiro atoms. The van der Waals surface area contributed by atoms with E-state index in [0.717, 1.165) is 16.1 Å². The number of ketones is 1. The van der Waals surface area contributed by atoms with Crippen LogP contribution in [0.15, 0.2) is 42.5 Å². The highest BCUT2D eigenvalue weighted by Gasteiger charge is 2.24. The number of anilines is 1. The molecule has 7 heteroatoms. The van der Waals surface area contributed by atoms with Gasteiger partial charge in [0.05, 0.1) is 24.6 Å². The van der Waals surface area contributed by atoms with Crippen LogP contribution in [0.3, 0.4) is 0 Å². The number of rotatable bonds is 7. The molecule has 0 fully saturated rings. The predicted octanol–water partition coefficient (Wildman–Crippen LogP) is 3.63. The lowest BCUT2D eigenvalue weighted by atomic mass is 10.0. The van der Waals surface area contributed by atoms with Gasteiger partial charge in [-0.15, -0.1) is 0 Å². The summed E-state index contributed by atoms with van der Waals surface area (Å²) < 4.78 is 44.5. The number of sulfonamides is 1. The van der Waals surface area contributed by atoms with Gasteiger partial charge in [0.1, 0.15) is 17.3 Å². The molecule has 0 aliphatic heterocycles. The molecule has 0 saturated heterocycles. The third-order valence-corrected chi connectivity index (χ3v) is 4.66. The van der Waals surface area contributed by atoms with Crippen LogP contribution in [0.25, 0.3) is 11.1 Å². The summed E-state index contributed by atoms with van der Waals surface area (Å²) in [5, 5.41) is 0. The average Bonchev–Trinajstić information content (AvgIpc) is 2.52. The highest BCUT2D eigenvalue weighted by atomic mass is 32.2. The molecule has 0 heterocycles. The van der Waals surface area contributed by atoms with Crippen LogP contribution >= 0.6 is 0 Å². The molecule has 0 saturated carbocycles. The molecule has 0 radical (unpaired) electrons. The van der Waals surface area contributed by atoms with Gasteiger partial charge >= 0.3 is 0 Å². The minimum Gasteiger partial charge on any atom is -0.489 e. The molecular formula is C19H22FNO4S. The van der Waals surface area contributed by atoms with E-state index in [4.69, 9.17) is 4.74 Å². The first-order chi connectivity index (χ1) is 12.1. The van der Waals surface area contributed by atoms with Gasteiger partial charge in [-0.25, -0.2) is 12.8 Å². The molecule has 0 aliphatic carbocycles. The molecule has 140 valence electrons. The van der Waals surface area contributed by atoms with Crippen molar-refractivity contribution in [3.8, 4) is 16.9 Å². The Labute approximate surface area is 153 Å². The van der Waals surface area contributed by atoms with Gasteiger partial charge in [0, 0.05) is 0 Å². The molecule has 2 aromatic carbocycles. The fourth-order valence-electron chi connectivity index (χ4n) is 2.47. The summed E-state index contributed by atoms with van der Waals surface area (Å²) in [5.41, 5.74) is 1.69. The highest BCUT2D eigenvalue weighted by molar-refractivity contribution is 7.92. The van der Waals surface area contributed by atoms with Crippen LogP contribution in [0.5, 0.6) is 5.75 Å². The maximum Gasteiger partial charge on any atom is 0.232 e. The number of halogens is 1. The second-order valence-electron chi connectivity index (χ2n) is 6.33. The van der Waals surface area contributed by atoms with Crippen molar-refractivity contribution in [1.29, 1.82) is 0 Å². The molecule has 0 aromatic heterocycles. The molecule has 5 nitrogen and oxygen atoms in total. The lowest BCUT2D eigenvalue weighted by molar-refractivity contribution is -0.115. The lowest BCUT2D eigenvalue weighted by Gasteiger charge is -2.25. The van der Waals surface area contributed by atoms with E-state index >= 15 is 0 Å². The van der Waals surface area contributed by atoms with Crippen molar-refractivity contribution in [3.63, 3.8) is 0 Å². The van der Waals surface area contributed by atoms with E-state index in [1.807, 2.05) is 13.8 Å². The smallest absolute Gasteiger partial charge is 0.232 e. The maximum absolute atomic E-state index is 13.2. The first kappa shape index (κ1) is 19.9. The summed E-state index contributed by atoms with van der Waals surface area (Å²) in [4.78, 5) is 11.6. The number of ether oxygens (including phenoxy) is 1. The van der Waals surface area contributed by atoms with Gasteiger partial charge < -0.3 is 4.74 Å². The maximum atomic E-state index is 13.2. The van der Waals surface area contributed by atoms with E-state index in [0.29, 0.717) is 11.3 Å². The van der Waals surface area contributed by atoms with Crippen LogP contribution < -0.4 is 9.04 Å². The van der Waals surface area contributed by atoms with Gasteiger partial charge in [-0.1, -0.05) is 18.2 Å². The number of hydrogen-bond donors (Lipinski definition) is 0. The number of hydrogen-bond acceptors (Lipinski definition) is 4. The van der Waals surface area contributed by atoms with Gasteiger partial charge in [0.15, 0.2) is 0 Å². The van der Waals surface area contributed by atoms with E-state index in [1.54, 1.807) is 30.3 Å². The normalized spacial score (nSPS) is 11.5. The first-order valence-electron chi connectivity index (χ1n) is 8.11. The zero-order chi connectivity index (χ0) is 19.5. The lowest BCUT2D eigenvalue weighted by Crippen LogP contribution is -2.34. The molecular weight excluding hydrogens is 357 g/mol. The molecule has 0 amide bonds. The Hall–Kier alpha value is -2.41. The van der Waals surface area contributed by atoms with Crippen molar-refractivity contribution in [2.75, 3.05) is 17.1 Å². The molecule has 26 heavy (non-hydrogen) atoms. The monoisotopic (exact) mass is 379 g/mol. The average molecular weight is 379 g/mol. The van der Waals surface area contributed by atoms with Crippen LogP contribution in [0.1, 0.15) is 20.8 Å². The van der Waals surface area contributed by atoms with Crippen molar-refractivity contribution >= 4 is 21.5 Å². The summed E-state index contributed by atoms with van der Waals surface area (Å²) in [6, 6.07) is 10.9. The predicted molar refractivity (Wildman–Crippen MR) is 100 cm³/mol. The third-order valence-electron chi connectivity index (χ3n) is 3.53. The molecule has 0 bridgehead atoms. The van der Waals surface area contributed by atoms with Crippen LogP contribution in [0, 0.1) is 5.82 Å². The Bertz CT molecular complexity index is 892. The van der Waals surface area contributed by atoms with Crippen LogP contribution in [0.2, 0.25) is 0 Å². The minimum absolute atomic E-state index is 0.177. The van der Waals surface area contributed by atoms with Crippen LogP contribution in [-0.4, -0.2) is 33.1 Å². The zero-order valence-electron chi connectivity index (χ0n) is 15.2. The van der Waals surface area contributed by atoms with E-state index in [1.165, 1.54) is 19.1 Å². The summed E-state index contributed by atoms with van der Waals surface area (Å²) in [5.74, 6) is -0.293. The fraction of sp³-hybridized carbons (Fsp3) is 0.316. The van der Waals surface area contributed by atoms with Crippen molar-refractivity contribution in [3.05, 3.63) is 48.3 Å². The largest absolute Gasteiger partial charge is 0.489 e. The van der Waals surface area contributed by atoms with Crippen molar-refractivity contribution in [2.45, 2.75) is 26.9 Å². The number of carbonyl (C=O) groups excluding carboxylic acids is 1. The van der Waals surface area contributed by atoms with Crippen molar-refractivity contribution < 1.29 is 22.3 Å². The van der Waals surface area contributed by atoms with E-state index in [-0.39, 0.29) is 29.9 Å². The Morgan fingerprint density at radius 3 is 2.19 bits per heavy atom. The summed E-state index contributed by atoms with van der Waals surface area (Å²) in [6.07, 6.45) is 0.865. The molecule has 2 aromatic rings. The van der Waals surface area contributed by atoms with Gasteiger partial charge in [-0.2, -0.15) is 0 Å². The standard InChI is InChI=1S/C19H22FNO4S/c1-13(2)25-19-10-7-16(15-5-8-17(20)9-6-15)11-18(19)21(12-14(3)22)26(4,23)24/h5-11,13H,12H2,1-4H3. The molecule has 2 rings (SSSR count). The number of nitrogens with zero attached hydrogens (tertiary/aromatic N) is 1. The van der Waals surface area contributed by atoms with Gasteiger partial charge in [0.25, 0.3) is 0 Å². The first-order valence-corrected chi connectivity index (χ1v) is 9.96. The van der Waals surface area contributed by atoms with Crippen molar-refractivity contribution in [1.82, 2.24) is 0 Å². The van der Waals surface area contributed by atoms with Crippen LogP contribution in [0.4, 0.5) is 10.1 Å². The van der Waals surface area contributed by atoms with Crippen molar-refractivity contribution in [2.24, 2.45) is 0 Å². The molecule has 0 aliphatic rings. The number of Topliss-reactive ketones (excluding diaryl/α,β-unsaturated/α-hetero) is 1. The number of carbonyl (C=O) groups is 1. The van der Waals surface area contributed by atoms with E-state index in [9.17, 15) is 17.6 Å². The highest BCUT2D eigenvalue weighted by Crippen LogP contribution is 2.35. The fourth-order valence-corrected chi connectivity index (χ4v) is 3.39. The zero-order valence-corrected chi connectivity index (χ0v) is 16.0.